The van der Waals surface area contributed by atoms with Crippen LogP contribution >= 0.6 is 0 Å². The zero-order valence-electron chi connectivity index (χ0n) is 23.1. The number of pyridine rings is 1. The molecule has 0 atom stereocenters. The summed E-state index contributed by atoms with van der Waals surface area (Å²) >= 11 is 0. The molecule has 0 amide bonds. The third-order valence-corrected chi connectivity index (χ3v) is 7.17. The van der Waals surface area contributed by atoms with E-state index in [1.165, 1.54) is 0 Å². The number of rotatable bonds is 7. The van der Waals surface area contributed by atoms with Crippen LogP contribution in [0.1, 0.15) is 11.3 Å². The lowest BCUT2D eigenvalue weighted by Crippen LogP contribution is -2.09. The number of benzene rings is 5. The molecule has 204 valence electrons. The summed E-state index contributed by atoms with van der Waals surface area (Å²) in [5.74, 6) is 1.58. The predicted molar refractivity (Wildman–Crippen MR) is 174 cm³/mol. The van der Waals surface area contributed by atoms with E-state index < -0.39 is 0 Å². The molecule has 43 heavy (non-hydrogen) atoms. The maximum atomic E-state index is 9.42. The fraction of sp³-hybridized carbons (Fsp3) is 0. The first-order chi connectivity index (χ1) is 21.2. The Morgan fingerprint density at radius 3 is 1.74 bits per heavy atom. The highest BCUT2D eigenvalue weighted by atomic mass is 15.0. The molecule has 0 unspecified atom stereocenters. The van der Waals surface area contributed by atoms with Crippen LogP contribution in [0.3, 0.4) is 0 Å². The van der Waals surface area contributed by atoms with E-state index in [2.05, 4.69) is 17.4 Å². The molecule has 0 radical (unpaired) electrons. The largest absolute Gasteiger partial charge is 0.355 e. The molecule has 5 aromatic carbocycles. The molecule has 7 aromatic rings. The van der Waals surface area contributed by atoms with Gasteiger partial charge in [-0.15, -0.1) is 0 Å². The standard InChI is InChI=1S/C37H26N6/c38-34(33-29-20-11-10-13-25(29)23-24-30(33)39-28-18-8-3-9-19-28)31-21-12-22-32(40-31)37-42-35(26-14-4-1-5-15-26)41-36(43-37)27-16-6-2-7-17-27/h1-24,38-39H. The summed E-state index contributed by atoms with van der Waals surface area (Å²) in [6, 6.07) is 47.5. The van der Waals surface area contributed by atoms with E-state index >= 15 is 0 Å². The molecule has 6 heteroatoms. The minimum atomic E-state index is 0.303. The van der Waals surface area contributed by atoms with E-state index in [4.69, 9.17) is 19.9 Å². The highest BCUT2D eigenvalue weighted by Crippen LogP contribution is 2.31. The number of para-hydroxylation sites is 1. The van der Waals surface area contributed by atoms with Gasteiger partial charge in [-0.3, -0.25) is 5.41 Å². The number of hydrogen-bond donors (Lipinski definition) is 2. The average molecular weight is 555 g/mol. The van der Waals surface area contributed by atoms with Gasteiger partial charge >= 0.3 is 0 Å². The molecule has 2 N–H and O–H groups in total. The van der Waals surface area contributed by atoms with Gasteiger partial charge in [0.15, 0.2) is 17.5 Å². The summed E-state index contributed by atoms with van der Waals surface area (Å²) in [6.07, 6.45) is 0. The fourth-order valence-corrected chi connectivity index (χ4v) is 5.07. The molecule has 7 rings (SSSR count). The van der Waals surface area contributed by atoms with Crippen molar-refractivity contribution in [3.05, 3.63) is 157 Å². The second-order valence-corrected chi connectivity index (χ2v) is 10.0. The molecule has 0 bridgehead atoms. The van der Waals surface area contributed by atoms with Crippen LogP contribution in [0.5, 0.6) is 0 Å². The average Bonchev–Trinajstić information content (AvgIpc) is 3.09. The van der Waals surface area contributed by atoms with E-state index in [0.29, 0.717) is 34.6 Å². The summed E-state index contributed by atoms with van der Waals surface area (Å²) < 4.78 is 0. The number of nitrogens with zero attached hydrogens (tertiary/aromatic N) is 4. The van der Waals surface area contributed by atoms with Crippen molar-refractivity contribution >= 4 is 27.9 Å². The van der Waals surface area contributed by atoms with Crippen LogP contribution in [-0.4, -0.2) is 25.6 Å². The van der Waals surface area contributed by atoms with Gasteiger partial charge in [-0.2, -0.15) is 0 Å². The smallest absolute Gasteiger partial charge is 0.182 e. The second kappa shape index (κ2) is 11.5. The molecule has 0 spiro atoms. The Bertz CT molecular complexity index is 2000. The molecule has 0 fully saturated rings. The second-order valence-electron chi connectivity index (χ2n) is 10.0. The maximum absolute atomic E-state index is 9.42. The van der Waals surface area contributed by atoms with Crippen LogP contribution in [0.2, 0.25) is 0 Å². The highest BCUT2D eigenvalue weighted by Gasteiger charge is 2.18. The Kier molecular flexibility index (Phi) is 6.91. The summed E-state index contributed by atoms with van der Waals surface area (Å²) in [5, 5.41) is 14.9. The zero-order chi connectivity index (χ0) is 29.0. The molecule has 0 saturated heterocycles. The number of aromatic nitrogens is 4. The molecule has 0 saturated carbocycles. The van der Waals surface area contributed by atoms with Crippen LogP contribution in [0.15, 0.2) is 146 Å². The lowest BCUT2D eigenvalue weighted by Gasteiger charge is -2.16. The van der Waals surface area contributed by atoms with Gasteiger partial charge in [0.2, 0.25) is 0 Å². The van der Waals surface area contributed by atoms with Crippen molar-refractivity contribution in [2.45, 2.75) is 0 Å². The van der Waals surface area contributed by atoms with Crippen LogP contribution < -0.4 is 5.32 Å². The van der Waals surface area contributed by atoms with Gasteiger partial charge < -0.3 is 5.32 Å². The third-order valence-electron chi connectivity index (χ3n) is 7.17. The lowest BCUT2D eigenvalue weighted by molar-refractivity contribution is 1.06. The summed E-state index contributed by atoms with van der Waals surface area (Å²) in [6.45, 7) is 0. The van der Waals surface area contributed by atoms with E-state index in [-0.39, 0.29) is 0 Å². The molecule has 0 aliphatic rings. The first-order valence-corrected chi connectivity index (χ1v) is 14.0. The number of anilines is 2. The van der Waals surface area contributed by atoms with Crippen LogP contribution in [0.25, 0.3) is 45.1 Å². The zero-order valence-corrected chi connectivity index (χ0v) is 23.1. The Morgan fingerprint density at radius 1 is 0.488 bits per heavy atom. The minimum Gasteiger partial charge on any atom is -0.355 e. The monoisotopic (exact) mass is 554 g/mol. The van der Waals surface area contributed by atoms with Crippen molar-refractivity contribution in [1.29, 1.82) is 5.41 Å². The van der Waals surface area contributed by atoms with Crippen molar-refractivity contribution in [3.8, 4) is 34.3 Å². The number of fused-ring (bicyclic) bond motifs is 1. The van der Waals surface area contributed by atoms with Crippen LogP contribution in [0.4, 0.5) is 11.4 Å². The van der Waals surface area contributed by atoms with Crippen molar-refractivity contribution in [2.24, 2.45) is 0 Å². The van der Waals surface area contributed by atoms with E-state index in [0.717, 1.165) is 38.8 Å². The van der Waals surface area contributed by atoms with E-state index in [9.17, 15) is 5.41 Å². The Hall–Kier alpha value is -6.01. The van der Waals surface area contributed by atoms with E-state index in [1.54, 1.807) is 0 Å². The van der Waals surface area contributed by atoms with E-state index in [1.807, 2.05) is 133 Å². The molecular weight excluding hydrogens is 528 g/mol. The third kappa shape index (κ3) is 5.37. The van der Waals surface area contributed by atoms with Crippen LogP contribution in [-0.2, 0) is 0 Å². The minimum absolute atomic E-state index is 0.303. The first kappa shape index (κ1) is 25.9. The quantitative estimate of drug-likeness (QED) is 0.193. The normalized spacial score (nSPS) is 10.9. The molecular formula is C37H26N6. The van der Waals surface area contributed by atoms with Gasteiger partial charge in [-0.05, 0) is 41.1 Å². The molecule has 6 nitrogen and oxygen atoms in total. The van der Waals surface area contributed by atoms with Gasteiger partial charge in [0.1, 0.15) is 5.69 Å². The SMILES string of the molecule is N=C(c1cccc(-c2nc(-c3ccccc3)nc(-c3ccccc3)n2)n1)c1c(Nc2ccccc2)ccc2ccccc12. The predicted octanol–water partition coefficient (Wildman–Crippen LogP) is 8.58. The topological polar surface area (TPSA) is 87.4 Å². The lowest BCUT2D eigenvalue weighted by atomic mass is 9.96. The van der Waals surface area contributed by atoms with Crippen molar-refractivity contribution in [3.63, 3.8) is 0 Å². The van der Waals surface area contributed by atoms with Crippen LogP contribution in [0, 0.1) is 5.41 Å². The van der Waals surface area contributed by atoms with Gasteiger partial charge in [0.25, 0.3) is 0 Å². The highest BCUT2D eigenvalue weighted by molar-refractivity contribution is 6.20. The van der Waals surface area contributed by atoms with Crippen molar-refractivity contribution < 1.29 is 0 Å². The van der Waals surface area contributed by atoms with Crippen molar-refractivity contribution in [1.82, 2.24) is 19.9 Å². The van der Waals surface area contributed by atoms with Gasteiger partial charge in [0.05, 0.1) is 11.4 Å². The summed E-state index contributed by atoms with van der Waals surface area (Å²) in [4.78, 5) is 19.4. The first-order valence-electron chi connectivity index (χ1n) is 14.0. The van der Waals surface area contributed by atoms with Gasteiger partial charge in [-0.25, -0.2) is 19.9 Å². The Balaban J connectivity index is 1.34. The molecule has 2 heterocycles. The molecule has 0 aliphatic carbocycles. The summed E-state index contributed by atoms with van der Waals surface area (Å²) in [5.41, 5.74) is 5.72. The fourth-order valence-electron chi connectivity index (χ4n) is 5.07. The molecule has 2 aromatic heterocycles. The maximum Gasteiger partial charge on any atom is 0.182 e. The number of hydrogen-bond acceptors (Lipinski definition) is 6. The number of nitrogens with one attached hydrogen (secondary N) is 2. The Labute approximate surface area is 249 Å². The van der Waals surface area contributed by atoms with Gasteiger partial charge in [-0.1, -0.05) is 115 Å². The van der Waals surface area contributed by atoms with Gasteiger partial charge in [0, 0.05) is 28.1 Å². The Morgan fingerprint density at radius 2 is 1.07 bits per heavy atom. The molecule has 0 aliphatic heterocycles. The van der Waals surface area contributed by atoms with Crippen molar-refractivity contribution in [2.75, 3.05) is 5.32 Å². The summed E-state index contributed by atoms with van der Waals surface area (Å²) in [7, 11) is 0.